The minimum atomic E-state index is 0.0814. The fourth-order valence-corrected chi connectivity index (χ4v) is 4.26. The predicted molar refractivity (Wildman–Crippen MR) is 118 cm³/mol. The smallest absolute Gasteiger partial charge is 0.222 e. The van der Waals surface area contributed by atoms with E-state index in [0.29, 0.717) is 56.0 Å². The summed E-state index contributed by atoms with van der Waals surface area (Å²) in [6, 6.07) is 7.36. The zero-order valence-corrected chi connectivity index (χ0v) is 18.4. The molecule has 30 heavy (non-hydrogen) atoms. The van der Waals surface area contributed by atoms with Crippen LogP contribution in [-0.2, 0) is 4.79 Å². The molecule has 1 amide bonds. The fourth-order valence-electron chi connectivity index (χ4n) is 3.56. The SMILES string of the molecule is COc1cc(OC)c(C2=CCN(C(=O)CCCC(=O)c3cccs3)CC2)c(OC)c1. The van der Waals surface area contributed by atoms with Gasteiger partial charge in [-0.3, -0.25) is 9.59 Å². The Bertz CT molecular complexity index is 895. The van der Waals surface area contributed by atoms with Gasteiger partial charge in [-0.2, -0.15) is 0 Å². The number of hydrogen-bond donors (Lipinski definition) is 0. The fraction of sp³-hybridized carbons (Fsp3) is 0.391. The molecule has 3 rings (SSSR count). The van der Waals surface area contributed by atoms with Crippen molar-refractivity contribution in [3.63, 3.8) is 0 Å². The summed E-state index contributed by atoms with van der Waals surface area (Å²) in [5, 5.41) is 1.89. The number of ether oxygens (including phenoxy) is 3. The van der Waals surface area contributed by atoms with E-state index < -0.39 is 0 Å². The third-order valence-electron chi connectivity index (χ3n) is 5.19. The third kappa shape index (κ3) is 5.02. The van der Waals surface area contributed by atoms with Crippen molar-refractivity contribution in [2.24, 2.45) is 0 Å². The predicted octanol–water partition coefficient (Wildman–Crippen LogP) is 4.44. The lowest BCUT2D eigenvalue weighted by atomic mass is 9.97. The highest BCUT2D eigenvalue weighted by Gasteiger charge is 2.23. The topological polar surface area (TPSA) is 65.1 Å². The van der Waals surface area contributed by atoms with Gasteiger partial charge in [0.05, 0.1) is 31.8 Å². The first kappa shape index (κ1) is 21.9. The summed E-state index contributed by atoms with van der Waals surface area (Å²) in [6.07, 6.45) is 4.11. The highest BCUT2D eigenvalue weighted by molar-refractivity contribution is 7.12. The number of benzene rings is 1. The molecule has 1 aromatic heterocycles. The second-order valence-corrected chi connectivity index (χ2v) is 7.93. The van der Waals surface area contributed by atoms with Crippen LogP contribution in [0.5, 0.6) is 17.2 Å². The summed E-state index contributed by atoms with van der Waals surface area (Å²) < 4.78 is 16.4. The molecule has 2 aromatic rings. The second-order valence-electron chi connectivity index (χ2n) is 6.98. The Balaban J connectivity index is 1.61. The number of ketones is 1. The van der Waals surface area contributed by atoms with E-state index in [9.17, 15) is 9.59 Å². The Morgan fingerprint density at radius 3 is 2.33 bits per heavy atom. The molecule has 6 nitrogen and oxygen atoms in total. The number of Topliss-reactive ketones (excluding diaryl/α,β-unsaturated/α-hetero) is 1. The number of amides is 1. The van der Waals surface area contributed by atoms with Gasteiger partial charge in [-0.25, -0.2) is 0 Å². The first-order valence-electron chi connectivity index (χ1n) is 9.91. The van der Waals surface area contributed by atoms with Crippen molar-refractivity contribution in [3.05, 3.63) is 46.2 Å². The number of carbonyl (C=O) groups is 2. The minimum absolute atomic E-state index is 0.0814. The van der Waals surface area contributed by atoms with E-state index in [1.807, 2.05) is 40.6 Å². The van der Waals surface area contributed by atoms with Gasteiger partial charge in [0.25, 0.3) is 0 Å². The summed E-state index contributed by atoms with van der Waals surface area (Å²) in [4.78, 5) is 27.2. The molecule has 1 aliphatic heterocycles. The van der Waals surface area contributed by atoms with E-state index >= 15 is 0 Å². The molecule has 2 heterocycles. The van der Waals surface area contributed by atoms with Gasteiger partial charge in [-0.15, -0.1) is 11.3 Å². The molecule has 0 bridgehead atoms. The standard InChI is InChI=1S/C23H27NO5S/c1-27-17-14-19(28-2)23(20(15-17)29-3)16-9-11-24(12-10-16)22(26)8-4-6-18(25)21-7-5-13-30-21/h5,7,9,13-15H,4,6,8,10-12H2,1-3H3. The molecule has 0 fully saturated rings. The van der Waals surface area contributed by atoms with E-state index in [2.05, 4.69) is 0 Å². The lowest BCUT2D eigenvalue weighted by Gasteiger charge is -2.28. The molecule has 160 valence electrons. The van der Waals surface area contributed by atoms with Gasteiger partial charge in [-0.05, 0) is 29.9 Å². The maximum atomic E-state index is 12.6. The first-order chi connectivity index (χ1) is 14.6. The van der Waals surface area contributed by atoms with Crippen LogP contribution in [0.2, 0.25) is 0 Å². The first-order valence-corrected chi connectivity index (χ1v) is 10.8. The van der Waals surface area contributed by atoms with Crippen molar-refractivity contribution in [1.29, 1.82) is 0 Å². The molecule has 1 aliphatic rings. The molecule has 0 N–H and O–H groups in total. The van der Waals surface area contributed by atoms with Gasteiger partial charge >= 0.3 is 0 Å². The molecule has 0 atom stereocenters. The van der Waals surface area contributed by atoms with Crippen LogP contribution in [0.1, 0.15) is 40.9 Å². The molecule has 0 aliphatic carbocycles. The third-order valence-corrected chi connectivity index (χ3v) is 6.10. The molecule has 0 radical (unpaired) electrons. The summed E-state index contributed by atoms with van der Waals surface area (Å²) in [5.74, 6) is 2.22. The molecule has 0 spiro atoms. The number of carbonyl (C=O) groups excluding carboxylic acids is 2. The summed E-state index contributed by atoms with van der Waals surface area (Å²) in [6.45, 7) is 1.16. The van der Waals surface area contributed by atoms with Crippen molar-refractivity contribution in [2.45, 2.75) is 25.7 Å². The zero-order valence-electron chi connectivity index (χ0n) is 17.6. The zero-order chi connectivity index (χ0) is 21.5. The highest BCUT2D eigenvalue weighted by Crippen LogP contribution is 2.40. The lowest BCUT2D eigenvalue weighted by Crippen LogP contribution is -2.34. The van der Waals surface area contributed by atoms with Gasteiger partial charge in [0, 0.05) is 38.1 Å². The van der Waals surface area contributed by atoms with Crippen molar-refractivity contribution >= 4 is 28.6 Å². The van der Waals surface area contributed by atoms with Crippen LogP contribution >= 0.6 is 11.3 Å². The number of hydrogen-bond acceptors (Lipinski definition) is 6. The van der Waals surface area contributed by atoms with Crippen LogP contribution in [0.3, 0.4) is 0 Å². The van der Waals surface area contributed by atoms with Gasteiger partial charge in [0.1, 0.15) is 17.2 Å². The Morgan fingerprint density at radius 1 is 1.07 bits per heavy atom. The van der Waals surface area contributed by atoms with Crippen molar-refractivity contribution in [2.75, 3.05) is 34.4 Å². The Kier molecular flexibility index (Phi) is 7.52. The van der Waals surface area contributed by atoms with Gasteiger partial charge in [-0.1, -0.05) is 12.1 Å². The van der Waals surface area contributed by atoms with Crippen LogP contribution in [0.15, 0.2) is 35.7 Å². The average molecular weight is 430 g/mol. The minimum Gasteiger partial charge on any atom is -0.496 e. The molecular formula is C23H27NO5S. The molecule has 1 aromatic carbocycles. The number of methoxy groups -OCH3 is 3. The van der Waals surface area contributed by atoms with Crippen molar-refractivity contribution in [1.82, 2.24) is 4.90 Å². The molecule has 7 heteroatoms. The van der Waals surface area contributed by atoms with E-state index in [0.717, 1.165) is 16.0 Å². The van der Waals surface area contributed by atoms with Crippen LogP contribution in [0.4, 0.5) is 0 Å². The lowest BCUT2D eigenvalue weighted by molar-refractivity contribution is -0.130. The van der Waals surface area contributed by atoms with E-state index in [4.69, 9.17) is 14.2 Å². The Hall–Kier alpha value is -2.80. The van der Waals surface area contributed by atoms with Gasteiger partial charge in [0.2, 0.25) is 5.91 Å². The van der Waals surface area contributed by atoms with Crippen LogP contribution in [-0.4, -0.2) is 51.0 Å². The number of rotatable bonds is 9. The summed E-state index contributed by atoms with van der Waals surface area (Å²) in [7, 11) is 4.84. The van der Waals surface area contributed by atoms with E-state index in [1.54, 1.807) is 21.3 Å². The number of thiophene rings is 1. The van der Waals surface area contributed by atoms with Crippen LogP contribution in [0.25, 0.3) is 5.57 Å². The maximum absolute atomic E-state index is 12.6. The largest absolute Gasteiger partial charge is 0.496 e. The second kappa shape index (κ2) is 10.3. The maximum Gasteiger partial charge on any atom is 0.222 e. The highest BCUT2D eigenvalue weighted by atomic mass is 32.1. The van der Waals surface area contributed by atoms with Crippen LogP contribution < -0.4 is 14.2 Å². The molecular weight excluding hydrogens is 402 g/mol. The van der Waals surface area contributed by atoms with Crippen molar-refractivity contribution < 1.29 is 23.8 Å². The van der Waals surface area contributed by atoms with Crippen molar-refractivity contribution in [3.8, 4) is 17.2 Å². The van der Waals surface area contributed by atoms with Gasteiger partial charge in [0.15, 0.2) is 5.78 Å². The monoisotopic (exact) mass is 429 g/mol. The van der Waals surface area contributed by atoms with E-state index in [1.165, 1.54) is 11.3 Å². The summed E-state index contributed by atoms with van der Waals surface area (Å²) in [5.41, 5.74) is 1.98. The van der Waals surface area contributed by atoms with E-state index in [-0.39, 0.29) is 11.7 Å². The number of nitrogens with zero attached hydrogens (tertiary/aromatic N) is 1. The van der Waals surface area contributed by atoms with Gasteiger partial charge < -0.3 is 19.1 Å². The average Bonchev–Trinajstić information content (AvgIpc) is 3.33. The Morgan fingerprint density at radius 2 is 1.80 bits per heavy atom. The molecule has 0 unspecified atom stereocenters. The summed E-state index contributed by atoms with van der Waals surface area (Å²) >= 11 is 1.44. The molecule has 0 saturated heterocycles. The Labute approximate surface area is 181 Å². The molecule has 0 saturated carbocycles. The quantitative estimate of drug-likeness (QED) is 0.551. The normalized spacial score (nSPS) is 13.6. The van der Waals surface area contributed by atoms with Crippen LogP contribution in [0, 0.1) is 0 Å².